The first-order chi connectivity index (χ1) is 8.91. The van der Waals surface area contributed by atoms with E-state index < -0.39 is 16.6 Å². The fourth-order valence-electron chi connectivity index (χ4n) is 1.72. The standard InChI is InChI=1S/C12H7BrF2N2O2/c13-7-5-9(15)8(14)4-6(7)12-10(16)2-1-3-11(12)17(18)19/h1-5H,16H2. The van der Waals surface area contributed by atoms with E-state index in [1.165, 1.54) is 18.2 Å². The minimum atomic E-state index is -1.10. The number of nitro benzene ring substituents is 1. The van der Waals surface area contributed by atoms with E-state index in [9.17, 15) is 18.9 Å². The van der Waals surface area contributed by atoms with E-state index >= 15 is 0 Å². The molecule has 0 bridgehead atoms. The number of nitrogen functional groups attached to an aromatic ring is 1. The van der Waals surface area contributed by atoms with Gasteiger partial charge in [-0.2, -0.15) is 0 Å². The normalized spacial score (nSPS) is 10.5. The minimum absolute atomic E-state index is 0.0540. The van der Waals surface area contributed by atoms with Gasteiger partial charge in [0, 0.05) is 21.8 Å². The van der Waals surface area contributed by atoms with Crippen molar-refractivity contribution in [2.75, 3.05) is 5.73 Å². The van der Waals surface area contributed by atoms with Crippen LogP contribution in [0.2, 0.25) is 0 Å². The molecule has 0 unspecified atom stereocenters. The van der Waals surface area contributed by atoms with Crippen LogP contribution in [0.1, 0.15) is 0 Å². The fraction of sp³-hybridized carbons (Fsp3) is 0. The predicted molar refractivity (Wildman–Crippen MR) is 70.6 cm³/mol. The monoisotopic (exact) mass is 328 g/mol. The Hall–Kier alpha value is -2.02. The van der Waals surface area contributed by atoms with Crippen LogP contribution in [0.25, 0.3) is 11.1 Å². The zero-order chi connectivity index (χ0) is 14.2. The Morgan fingerprint density at radius 3 is 2.47 bits per heavy atom. The van der Waals surface area contributed by atoms with Crippen LogP contribution in [-0.4, -0.2) is 4.92 Å². The molecule has 0 aliphatic rings. The molecule has 2 rings (SSSR count). The highest BCUT2D eigenvalue weighted by atomic mass is 79.9. The first kappa shape index (κ1) is 13.4. The Balaban J connectivity index is 2.79. The number of anilines is 1. The summed E-state index contributed by atoms with van der Waals surface area (Å²) in [6.45, 7) is 0. The van der Waals surface area contributed by atoms with Crippen molar-refractivity contribution in [1.82, 2.24) is 0 Å². The van der Waals surface area contributed by atoms with Crippen LogP contribution in [0.15, 0.2) is 34.8 Å². The molecule has 19 heavy (non-hydrogen) atoms. The van der Waals surface area contributed by atoms with Crippen LogP contribution in [0.3, 0.4) is 0 Å². The lowest BCUT2D eigenvalue weighted by atomic mass is 10.0. The molecule has 7 heteroatoms. The Kier molecular flexibility index (Phi) is 3.48. The largest absolute Gasteiger partial charge is 0.398 e. The first-order valence-corrected chi connectivity index (χ1v) is 5.89. The molecule has 0 aliphatic carbocycles. The summed E-state index contributed by atoms with van der Waals surface area (Å²) in [7, 11) is 0. The molecule has 0 aliphatic heterocycles. The van der Waals surface area contributed by atoms with Crippen molar-refractivity contribution in [1.29, 1.82) is 0 Å². The second-order valence-electron chi connectivity index (χ2n) is 3.74. The molecule has 0 fully saturated rings. The van der Waals surface area contributed by atoms with Gasteiger partial charge in [0.2, 0.25) is 0 Å². The van der Waals surface area contributed by atoms with Crippen LogP contribution < -0.4 is 5.73 Å². The van der Waals surface area contributed by atoms with Gasteiger partial charge in [-0.15, -0.1) is 0 Å². The molecule has 0 spiro atoms. The molecule has 0 amide bonds. The summed E-state index contributed by atoms with van der Waals surface area (Å²) in [4.78, 5) is 10.4. The number of nitro groups is 1. The van der Waals surface area contributed by atoms with E-state index in [0.29, 0.717) is 0 Å². The zero-order valence-electron chi connectivity index (χ0n) is 9.36. The third-order valence-corrected chi connectivity index (χ3v) is 3.21. The maximum absolute atomic E-state index is 13.3. The van der Waals surface area contributed by atoms with Gasteiger partial charge in [-0.3, -0.25) is 10.1 Å². The van der Waals surface area contributed by atoms with Crippen molar-refractivity contribution in [2.45, 2.75) is 0 Å². The second-order valence-corrected chi connectivity index (χ2v) is 4.60. The van der Waals surface area contributed by atoms with Crippen molar-refractivity contribution in [3.05, 3.63) is 56.6 Å². The Labute approximate surface area is 115 Å². The van der Waals surface area contributed by atoms with Gasteiger partial charge in [0.1, 0.15) is 0 Å². The molecule has 0 radical (unpaired) electrons. The molecule has 4 nitrogen and oxygen atoms in total. The molecule has 0 saturated carbocycles. The van der Waals surface area contributed by atoms with Gasteiger partial charge in [0.25, 0.3) is 5.69 Å². The number of hydrogen-bond donors (Lipinski definition) is 1. The average molecular weight is 329 g/mol. The molecule has 98 valence electrons. The van der Waals surface area contributed by atoms with Crippen molar-refractivity contribution >= 4 is 27.3 Å². The zero-order valence-corrected chi connectivity index (χ0v) is 10.9. The van der Waals surface area contributed by atoms with Crippen LogP contribution in [0.4, 0.5) is 20.2 Å². The van der Waals surface area contributed by atoms with Gasteiger partial charge in [0.05, 0.1) is 10.5 Å². The molecular weight excluding hydrogens is 322 g/mol. The molecule has 0 atom stereocenters. The Morgan fingerprint density at radius 2 is 1.84 bits per heavy atom. The van der Waals surface area contributed by atoms with E-state index in [-0.39, 0.29) is 27.0 Å². The van der Waals surface area contributed by atoms with Crippen molar-refractivity contribution in [3.63, 3.8) is 0 Å². The fourth-order valence-corrected chi connectivity index (χ4v) is 2.23. The smallest absolute Gasteiger partial charge is 0.279 e. The third kappa shape index (κ3) is 2.41. The highest BCUT2D eigenvalue weighted by molar-refractivity contribution is 9.10. The maximum atomic E-state index is 13.3. The number of rotatable bonds is 2. The van der Waals surface area contributed by atoms with E-state index in [0.717, 1.165) is 12.1 Å². The molecule has 0 saturated heterocycles. The highest BCUT2D eigenvalue weighted by Gasteiger charge is 2.21. The van der Waals surface area contributed by atoms with Crippen LogP contribution in [0, 0.1) is 21.7 Å². The van der Waals surface area contributed by atoms with Crippen molar-refractivity contribution < 1.29 is 13.7 Å². The minimum Gasteiger partial charge on any atom is -0.398 e. The SMILES string of the molecule is Nc1cccc([N+](=O)[O-])c1-c1cc(F)c(F)cc1Br. The summed E-state index contributed by atoms with van der Waals surface area (Å²) < 4.78 is 26.6. The number of halogens is 3. The summed E-state index contributed by atoms with van der Waals surface area (Å²) in [6, 6.07) is 5.90. The van der Waals surface area contributed by atoms with Crippen molar-refractivity contribution in [2.24, 2.45) is 0 Å². The molecule has 2 N–H and O–H groups in total. The molecular formula is C12H7BrF2N2O2. The Morgan fingerprint density at radius 1 is 1.21 bits per heavy atom. The van der Waals surface area contributed by atoms with Crippen molar-refractivity contribution in [3.8, 4) is 11.1 Å². The van der Waals surface area contributed by atoms with Gasteiger partial charge in [0.15, 0.2) is 11.6 Å². The van der Waals surface area contributed by atoms with Gasteiger partial charge in [-0.05, 0) is 18.2 Å². The summed E-state index contributed by atoms with van der Waals surface area (Å²) in [5.74, 6) is -2.15. The van der Waals surface area contributed by atoms with Crippen LogP contribution in [0.5, 0.6) is 0 Å². The predicted octanol–water partition coefficient (Wildman–Crippen LogP) is 3.88. The number of hydrogen-bond acceptors (Lipinski definition) is 3. The number of nitrogens with two attached hydrogens (primary N) is 1. The summed E-state index contributed by atoms with van der Waals surface area (Å²) >= 11 is 3.05. The van der Waals surface area contributed by atoms with E-state index in [1.54, 1.807) is 0 Å². The lowest BCUT2D eigenvalue weighted by molar-refractivity contribution is -0.384. The summed E-state index contributed by atoms with van der Waals surface area (Å²) in [5, 5.41) is 11.0. The van der Waals surface area contributed by atoms with E-state index in [1.807, 2.05) is 0 Å². The third-order valence-electron chi connectivity index (χ3n) is 2.55. The topological polar surface area (TPSA) is 69.2 Å². The lowest BCUT2D eigenvalue weighted by Crippen LogP contribution is -1.98. The van der Waals surface area contributed by atoms with Crippen LogP contribution >= 0.6 is 15.9 Å². The molecule has 2 aromatic rings. The molecule has 0 heterocycles. The number of nitrogens with zero attached hydrogens (tertiary/aromatic N) is 1. The van der Waals surface area contributed by atoms with Gasteiger partial charge in [-0.25, -0.2) is 8.78 Å². The van der Waals surface area contributed by atoms with Gasteiger partial charge in [-0.1, -0.05) is 22.0 Å². The van der Waals surface area contributed by atoms with Gasteiger partial charge < -0.3 is 5.73 Å². The van der Waals surface area contributed by atoms with Gasteiger partial charge >= 0.3 is 0 Å². The second kappa shape index (κ2) is 4.93. The number of benzene rings is 2. The van der Waals surface area contributed by atoms with E-state index in [2.05, 4.69) is 15.9 Å². The maximum Gasteiger partial charge on any atom is 0.279 e. The highest BCUT2D eigenvalue weighted by Crippen LogP contribution is 2.39. The van der Waals surface area contributed by atoms with Crippen LogP contribution in [-0.2, 0) is 0 Å². The molecule has 0 aromatic heterocycles. The lowest BCUT2D eigenvalue weighted by Gasteiger charge is -2.09. The van der Waals surface area contributed by atoms with E-state index in [4.69, 9.17) is 5.73 Å². The molecule has 2 aromatic carbocycles. The average Bonchev–Trinajstić information content (AvgIpc) is 2.34. The quantitative estimate of drug-likeness (QED) is 0.393. The summed E-state index contributed by atoms with van der Waals surface area (Å²) in [5.41, 5.74) is 5.73. The first-order valence-electron chi connectivity index (χ1n) is 5.09. The summed E-state index contributed by atoms with van der Waals surface area (Å²) in [6.07, 6.45) is 0. The Bertz CT molecular complexity index is 677.